The molecule has 0 aromatic heterocycles. The molecule has 0 unspecified atom stereocenters. The van der Waals surface area contributed by atoms with E-state index in [1.807, 2.05) is 30.3 Å². The number of carbonyl (C=O) groups excluding carboxylic acids is 1. The fraction of sp³-hybridized carbons (Fsp3) is 0.417. The van der Waals surface area contributed by atoms with Crippen molar-refractivity contribution in [2.75, 3.05) is 19.7 Å². The molecule has 1 aromatic carbocycles. The third-order valence-corrected chi connectivity index (χ3v) is 2.70. The topological polar surface area (TPSA) is 55.6 Å². The molecule has 4 nitrogen and oxygen atoms in total. The molecular formula is C12H16N2O2. The molecule has 1 amide bonds. The molecule has 86 valence electrons. The number of nitrogens with zero attached hydrogens (tertiary/aromatic N) is 1. The Morgan fingerprint density at radius 1 is 1.38 bits per heavy atom. The second-order valence-corrected chi connectivity index (χ2v) is 3.93. The molecule has 0 aliphatic carbocycles. The van der Waals surface area contributed by atoms with Crippen molar-refractivity contribution in [3.8, 4) is 0 Å². The highest BCUT2D eigenvalue weighted by Crippen LogP contribution is 2.10. The molecule has 0 radical (unpaired) electrons. The first kappa shape index (κ1) is 11.1. The Balaban J connectivity index is 2.00. The highest BCUT2D eigenvalue weighted by molar-refractivity contribution is 5.78. The van der Waals surface area contributed by atoms with Gasteiger partial charge in [0.25, 0.3) is 0 Å². The molecule has 1 heterocycles. The van der Waals surface area contributed by atoms with Crippen molar-refractivity contribution >= 4 is 5.91 Å². The summed E-state index contributed by atoms with van der Waals surface area (Å²) in [6.07, 6.45) is -0.0265. The van der Waals surface area contributed by atoms with Crippen LogP contribution in [0.2, 0.25) is 0 Å². The second kappa shape index (κ2) is 5.09. The van der Waals surface area contributed by atoms with Crippen LogP contribution < -0.4 is 5.73 Å². The molecule has 16 heavy (non-hydrogen) atoms. The average Bonchev–Trinajstić information content (AvgIpc) is 2.33. The fourth-order valence-electron chi connectivity index (χ4n) is 1.78. The van der Waals surface area contributed by atoms with Crippen LogP contribution in [0.25, 0.3) is 0 Å². The van der Waals surface area contributed by atoms with E-state index in [1.54, 1.807) is 4.90 Å². The lowest BCUT2D eigenvalue weighted by molar-refractivity contribution is -0.149. The smallest absolute Gasteiger partial charge is 0.248 e. The van der Waals surface area contributed by atoms with Crippen LogP contribution >= 0.6 is 0 Å². The molecule has 4 heteroatoms. The van der Waals surface area contributed by atoms with Gasteiger partial charge in [0.2, 0.25) is 5.91 Å². The SMILES string of the molecule is NC[C@H]1CN(Cc2ccccc2)C(=O)CO1. The molecule has 0 spiro atoms. The number of ether oxygens (including phenoxy) is 1. The van der Waals surface area contributed by atoms with Crippen LogP contribution in [0, 0.1) is 0 Å². The zero-order chi connectivity index (χ0) is 11.4. The molecular weight excluding hydrogens is 204 g/mol. The molecule has 1 aliphatic rings. The van der Waals surface area contributed by atoms with Crippen LogP contribution in [0.4, 0.5) is 0 Å². The van der Waals surface area contributed by atoms with Crippen LogP contribution in [0.1, 0.15) is 5.56 Å². The van der Waals surface area contributed by atoms with E-state index in [-0.39, 0.29) is 18.6 Å². The zero-order valence-corrected chi connectivity index (χ0v) is 9.13. The van der Waals surface area contributed by atoms with Crippen molar-refractivity contribution in [3.63, 3.8) is 0 Å². The predicted molar refractivity (Wildman–Crippen MR) is 60.7 cm³/mol. The van der Waals surface area contributed by atoms with E-state index in [1.165, 1.54) is 0 Å². The normalized spacial score (nSPS) is 21.2. The second-order valence-electron chi connectivity index (χ2n) is 3.93. The van der Waals surface area contributed by atoms with Gasteiger partial charge in [0.1, 0.15) is 6.61 Å². The first-order valence-electron chi connectivity index (χ1n) is 5.43. The summed E-state index contributed by atoms with van der Waals surface area (Å²) in [6.45, 7) is 1.83. The largest absolute Gasteiger partial charge is 0.365 e. The van der Waals surface area contributed by atoms with Crippen LogP contribution in [-0.2, 0) is 16.1 Å². The van der Waals surface area contributed by atoms with E-state index in [0.29, 0.717) is 19.6 Å². The summed E-state index contributed by atoms with van der Waals surface area (Å²) in [5.74, 6) is 0.0357. The van der Waals surface area contributed by atoms with Crippen molar-refractivity contribution in [1.82, 2.24) is 4.90 Å². The Kier molecular flexibility index (Phi) is 3.54. The van der Waals surface area contributed by atoms with Crippen molar-refractivity contribution in [1.29, 1.82) is 0 Å². The number of benzene rings is 1. The maximum absolute atomic E-state index is 11.6. The summed E-state index contributed by atoms with van der Waals surface area (Å²) in [7, 11) is 0. The van der Waals surface area contributed by atoms with Gasteiger partial charge < -0.3 is 15.4 Å². The summed E-state index contributed by atoms with van der Waals surface area (Å²) in [5, 5.41) is 0. The molecule has 0 bridgehead atoms. The molecule has 0 saturated carbocycles. The highest BCUT2D eigenvalue weighted by atomic mass is 16.5. The van der Waals surface area contributed by atoms with Gasteiger partial charge in [-0.25, -0.2) is 0 Å². The summed E-state index contributed by atoms with van der Waals surface area (Å²) in [5.41, 5.74) is 6.67. The van der Waals surface area contributed by atoms with E-state index in [2.05, 4.69) is 0 Å². The van der Waals surface area contributed by atoms with Crippen LogP contribution in [0.3, 0.4) is 0 Å². The lowest BCUT2D eigenvalue weighted by Gasteiger charge is -2.32. The van der Waals surface area contributed by atoms with E-state index in [9.17, 15) is 4.79 Å². The van der Waals surface area contributed by atoms with Gasteiger partial charge in [-0.1, -0.05) is 30.3 Å². The average molecular weight is 220 g/mol. The quantitative estimate of drug-likeness (QED) is 0.801. The van der Waals surface area contributed by atoms with Crippen LogP contribution in [0.5, 0.6) is 0 Å². The van der Waals surface area contributed by atoms with Crippen molar-refractivity contribution < 1.29 is 9.53 Å². The first-order chi connectivity index (χ1) is 7.79. The maximum Gasteiger partial charge on any atom is 0.248 e. The monoisotopic (exact) mass is 220 g/mol. The van der Waals surface area contributed by atoms with Gasteiger partial charge in [0.05, 0.1) is 6.10 Å². The number of nitrogens with two attached hydrogens (primary N) is 1. The Morgan fingerprint density at radius 3 is 2.81 bits per heavy atom. The lowest BCUT2D eigenvalue weighted by Crippen LogP contribution is -2.48. The van der Waals surface area contributed by atoms with Gasteiger partial charge in [0.15, 0.2) is 0 Å². The minimum absolute atomic E-state index is 0.0265. The van der Waals surface area contributed by atoms with Gasteiger partial charge in [-0.05, 0) is 5.56 Å². The van der Waals surface area contributed by atoms with E-state index in [0.717, 1.165) is 5.56 Å². The van der Waals surface area contributed by atoms with E-state index in [4.69, 9.17) is 10.5 Å². The molecule has 2 N–H and O–H groups in total. The van der Waals surface area contributed by atoms with Crippen molar-refractivity contribution in [3.05, 3.63) is 35.9 Å². The van der Waals surface area contributed by atoms with Crippen molar-refractivity contribution in [2.24, 2.45) is 5.73 Å². The van der Waals surface area contributed by atoms with Gasteiger partial charge in [0, 0.05) is 19.6 Å². The third kappa shape index (κ3) is 2.59. The maximum atomic E-state index is 11.6. The number of hydrogen-bond donors (Lipinski definition) is 1. The van der Waals surface area contributed by atoms with E-state index < -0.39 is 0 Å². The first-order valence-corrected chi connectivity index (χ1v) is 5.43. The number of amides is 1. The molecule has 1 aromatic rings. The van der Waals surface area contributed by atoms with Crippen LogP contribution in [0.15, 0.2) is 30.3 Å². The van der Waals surface area contributed by atoms with Crippen LogP contribution in [-0.4, -0.2) is 36.6 Å². The van der Waals surface area contributed by atoms with Crippen molar-refractivity contribution in [2.45, 2.75) is 12.6 Å². The number of rotatable bonds is 3. The lowest BCUT2D eigenvalue weighted by atomic mass is 10.2. The summed E-state index contributed by atoms with van der Waals surface area (Å²) >= 11 is 0. The van der Waals surface area contributed by atoms with Gasteiger partial charge in [-0.15, -0.1) is 0 Å². The van der Waals surface area contributed by atoms with E-state index >= 15 is 0 Å². The number of carbonyl (C=O) groups is 1. The summed E-state index contributed by atoms with van der Waals surface area (Å²) < 4.78 is 5.29. The minimum Gasteiger partial charge on any atom is -0.365 e. The molecule has 1 atom stereocenters. The molecule has 1 aliphatic heterocycles. The Hall–Kier alpha value is -1.39. The zero-order valence-electron chi connectivity index (χ0n) is 9.13. The molecule has 1 saturated heterocycles. The minimum atomic E-state index is -0.0265. The highest BCUT2D eigenvalue weighted by Gasteiger charge is 2.25. The number of morpholine rings is 1. The number of hydrogen-bond acceptors (Lipinski definition) is 3. The third-order valence-electron chi connectivity index (χ3n) is 2.70. The van der Waals surface area contributed by atoms with Gasteiger partial charge in [-0.2, -0.15) is 0 Å². The molecule has 2 rings (SSSR count). The predicted octanol–water partition coefficient (Wildman–Crippen LogP) is 0.373. The Bertz CT molecular complexity index is 353. The standard InChI is InChI=1S/C12H16N2O2/c13-6-11-8-14(12(15)9-16-11)7-10-4-2-1-3-5-10/h1-5,11H,6-9,13H2/t11-/m0/s1. The Labute approximate surface area is 95.0 Å². The van der Waals surface area contributed by atoms with Gasteiger partial charge in [-0.3, -0.25) is 4.79 Å². The fourth-order valence-corrected chi connectivity index (χ4v) is 1.78. The summed E-state index contributed by atoms with van der Waals surface area (Å²) in [4.78, 5) is 13.4. The Morgan fingerprint density at radius 2 is 2.12 bits per heavy atom. The summed E-state index contributed by atoms with van der Waals surface area (Å²) in [6, 6.07) is 9.94. The van der Waals surface area contributed by atoms with Gasteiger partial charge >= 0.3 is 0 Å². The molecule has 1 fully saturated rings.